The number of ether oxygens (including phenoxy) is 2. The number of hydrogen-bond acceptors (Lipinski definition) is 3. The minimum atomic E-state index is 0.635. The first kappa shape index (κ1) is 19.9. The summed E-state index contributed by atoms with van der Waals surface area (Å²) in [5.41, 5.74) is 1.25. The van der Waals surface area contributed by atoms with E-state index in [1.54, 1.807) is 14.2 Å². The molecule has 134 valence electrons. The summed E-state index contributed by atoms with van der Waals surface area (Å²) < 4.78 is 10.9. The summed E-state index contributed by atoms with van der Waals surface area (Å²) in [6, 6.07) is 6.12. The van der Waals surface area contributed by atoms with Crippen molar-refractivity contribution in [3.63, 3.8) is 0 Å². The Hall–Kier alpha value is -2.17. The lowest BCUT2D eigenvalue weighted by atomic mass is 10.1. The number of nitrogens with one attached hydrogen (secondary N) is 2. The molecular formula is C19H31N3O2. The summed E-state index contributed by atoms with van der Waals surface area (Å²) >= 11 is 0. The zero-order valence-corrected chi connectivity index (χ0v) is 15.4. The van der Waals surface area contributed by atoms with Gasteiger partial charge in [0.15, 0.2) is 17.5 Å². The molecular weight excluding hydrogens is 302 g/mol. The number of guanidine groups is 1. The van der Waals surface area contributed by atoms with Crippen molar-refractivity contribution >= 4 is 5.96 Å². The zero-order chi connectivity index (χ0) is 17.6. The van der Waals surface area contributed by atoms with Gasteiger partial charge in [-0.3, -0.25) is 4.99 Å². The molecule has 0 heterocycles. The molecule has 2 N–H and O–H groups in total. The Kier molecular flexibility index (Phi) is 10.2. The van der Waals surface area contributed by atoms with Crippen LogP contribution in [0.15, 0.2) is 35.3 Å². The third-order valence-corrected chi connectivity index (χ3v) is 3.53. The third kappa shape index (κ3) is 7.40. The number of aryl methyl sites for hydroxylation is 1. The van der Waals surface area contributed by atoms with Crippen molar-refractivity contribution in [2.24, 2.45) is 4.99 Å². The Bertz CT molecular complexity index is 527. The van der Waals surface area contributed by atoms with E-state index in [1.165, 1.54) is 5.56 Å². The monoisotopic (exact) mass is 333 g/mol. The molecule has 5 nitrogen and oxygen atoms in total. The molecule has 0 atom stereocenters. The highest BCUT2D eigenvalue weighted by Crippen LogP contribution is 2.28. The van der Waals surface area contributed by atoms with Gasteiger partial charge in [0, 0.05) is 20.1 Å². The first-order chi connectivity index (χ1) is 11.7. The van der Waals surface area contributed by atoms with Crippen molar-refractivity contribution in [2.45, 2.75) is 33.1 Å². The number of nitrogens with zero attached hydrogens (tertiary/aromatic N) is 1. The first-order valence-electron chi connectivity index (χ1n) is 8.60. The Labute approximate surface area is 146 Å². The van der Waals surface area contributed by atoms with E-state index in [9.17, 15) is 0 Å². The molecule has 0 aliphatic carbocycles. The van der Waals surface area contributed by atoms with Crippen molar-refractivity contribution in [1.82, 2.24) is 10.6 Å². The van der Waals surface area contributed by atoms with Crippen LogP contribution in [0, 0.1) is 0 Å². The van der Waals surface area contributed by atoms with Crippen LogP contribution in [-0.4, -0.2) is 39.8 Å². The summed E-state index contributed by atoms with van der Waals surface area (Å²) in [5, 5.41) is 6.63. The maximum atomic E-state index is 5.62. The lowest BCUT2D eigenvalue weighted by molar-refractivity contribution is 0.310. The second-order valence-electron chi connectivity index (χ2n) is 5.31. The minimum absolute atomic E-state index is 0.635. The number of benzene rings is 1. The van der Waals surface area contributed by atoms with E-state index >= 15 is 0 Å². The molecule has 0 saturated carbocycles. The van der Waals surface area contributed by atoms with Gasteiger partial charge in [0.25, 0.3) is 0 Å². The molecule has 0 spiro atoms. The van der Waals surface area contributed by atoms with Gasteiger partial charge in [0.1, 0.15) is 0 Å². The SMILES string of the molecule is C/C=C/CCNC(=NC)NCCCc1ccc(OC)c(OCC)c1. The standard InChI is InChI=1S/C19H31N3O2/c1-5-7-8-13-21-19(20-3)22-14-9-10-16-11-12-17(23-4)18(15-16)24-6-2/h5,7,11-12,15H,6,8-10,13-14H2,1-4H3,(H2,20,21,22)/b7-5+. The Morgan fingerprint density at radius 2 is 2.00 bits per heavy atom. The highest BCUT2D eigenvalue weighted by molar-refractivity contribution is 5.79. The number of aliphatic imine (C=N–C) groups is 1. The summed E-state index contributed by atoms with van der Waals surface area (Å²) in [7, 11) is 3.46. The maximum Gasteiger partial charge on any atom is 0.190 e. The van der Waals surface area contributed by atoms with E-state index in [0.717, 1.165) is 49.8 Å². The second kappa shape index (κ2) is 12.3. The Morgan fingerprint density at radius 1 is 1.21 bits per heavy atom. The van der Waals surface area contributed by atoms with E-state index in [-0.39, 0.29) is 0 Å². The van der Waals surface area contributed by atoms with Crippen molar-refractivity contribution in [1.29, 1.82) is 0 Å². The molecule has 0 unspecified atom stereocenters. The van der Waals surface area contributed by atoms with Gasteiger partial charge >= 0.3 is 0 Å². The fraction of sp³-hybridized carbons (Fsp3) is 0.526. The molecule has 24 heavy (non-hydrogen) atoms. The molecule has 0 saturated heterocycles. The van der Waals surface area contributed by atoms with Crippen LogP contribution in [0.5, 0.6) is 11.5 Å². The topological polar surface area (TPSA) is 54.9 Å². The smallest absolute Gasteiger partial charge is 0.190 e. The third-order valence-electron chi connectivity index (χ3n) is 3.53. The number of hydrogen-bond donors (Lipinski definition) is 2. The zero-order valence-electron chi connectivity index (χ0n) is 15.4. The summed E-state index contributed by atoms with van der Waals surface area (Å²) in [4.78, 5) is 4.23. The molecule has 1 rings (SSSR count). The van der Waals surface area contributed by atoms with Crippen molar-refractivity contribution < 1.29 is 9.47 Å². The highest BCUT2D eigenvalue weighted by Gasteiger charge is 2.05. The van der Waals surface area contributed by atoms with Crippen molar-refractivity contribution in [3.8, 4) is 11.5 Å². The quantitative estimate of drug-likeness (QED) is 0.299. The van der Waals surface area contributed by atoms with Gasteiger partial charge in [-0.2, -0.15) is 0 Å². The van der Waals surface area contributed by atoms with Crippen LogP contribution < -0.4 is 20.1 Å². The molecule has 0 amide bonds. The summed E-state index contributed by atoms with van der Waals surface area (Å²) in [5.74, 6) is 2.45. The molecule has 0 aromatic heterocycles. The van der Waals surface area contributed by atoms with Gasteiger partial charge < -0.3 is 20.1 Å². The Morgan fingerprint density at radius 3 is 2.67 bits per heavy atom. The lowest BCUT2D eigenvalue weighted by Gasteiger charge is -2.12. The molecule has 0 radical (unpaired) electrons. The van der Waals surface area contributed by atoms with Gasteiger partial charge in [-0.25, -0.2) is 0 Å². The summed E-state index contributed by atoms with van der Waals surface area (Å²) in [6.45, 7) is 6.41. The normalized spacial score (nSPS) is 11.6. The predicted octanol–water partition coefficient (Wildman–Crippen LogP) is 3.16. The molecule has 1 aromatic rings. The molecule has 0 aliphatic rings. The number of allylic oxidation sites excluding steroid dienone is 1. The molecule has 0 fully saturated rings. The predicted molar refractivity (Wildman–Crippen MR) is 101 cm³/mol. The highest BCUT2D eigenvalue weighted by atomic mass is 16.5. The average molecular weight is 333 g/mol. The Balaban J connectivity index is 2.37. The average Bonchev–Trinajstić information content (AvgIpc) is 2.61. The van der Waals surface area contributed by atoms with Gasteiger partial charge in [0.05, 0.1) is 13.7 Å². The fourth-order valence-electron chi connectivity index (χ4n) is 2.31. The molecule has 5 heteroatoms. The van der Waals surface area contributed by atoms with Gasteiger partial charge in [0.2, 0.25) is 0 Å². The van der Waals surface area contributed by atoms with E-state index in [0.29, 0.717) is 6.61 Å². The van der Waals surface area contributed by atoms with E-state index < -0.39 is 0 Å². The van der Waals surface area contributed by atoms with E-state index in [2.05, 4.69) is 39.9 Å². The lowest BCUT2D eigenvalue weighted by Crippen LogP contribution is -2.38. The van der Waals surface area contributed by atoms with Crippen LogP contribution in [0.4, 0.5) is 0 Å². The maximum absolute atomic E-state index is 5.62. The van der Waals surface area contributed by atoms with Crippen LogP contribution in [0.25, 0.3) is 0 Å². The van der Waals surface area contributed by atoms with Gasteiger partial charge in [-0.05, 0) is 50.8 Å². The first-order valence-corrected chi connectivity index (χ1v) is 8.60. The van der Waals surface area contributed by atoms with Gasteiger partial charge in [-0.15, -0.1) is 0 Å². The van der Waals surface area contributed by atoms with Crippen LogP contribution in [0.1, 0.15) is 32.3 Å². The molecule has 0 aliphatic heterocycles. The van der Waals surface area contributed by atoms with E-state index in [4.69, 9.17) is 9.47 Å². The largest absolute Gasteiger partial charge is 0.493 e. The molecule has 1 aromatic carbocycles. The van der Waals surface area contributed by atoms with Crippen molar-refractivity contribution in [2.75, 3.05) is 33.9 Å². The van der Waals surface area contributed by atoms with Crippen LogP contribution >= 0.6 is 0 Å². The van der Waals surface area contributed by atoms with E-state index in [1.807, 2.05) is 19.9 Å². The second-order valence-corrected chi connectivity index (χ2v) is 5.31. The van der Waals surface area contributed by atoms with Crippen LogP contribution in [0.3, 0.4) is 0 Å². The minimum Gasteiger partial charge on any atom is -0.493 e. The fourth-order valence-corrected chi connectivity index (χ4v) is 2.31. The number of rotatable bonds is 10. The molecule has 0 bridgehead atoms. The van der Waals surface area contributed by atoms with Crippen LogP contribution in [0.2, 0.25) is 0 Å². The van der Waals surface area contributed by atoms with Crippen molar-refractivity contribution in [3.05, 3.63) is 35.9 Å². The van der Waals surface area contributed by atoms with Gasteiger partial charge in [-0.1, -0.05) is 18.2 Å². The number of methoxy groups -OCH3 is 1. The summed E-state index contributed by atoms with van der Waals surface area (Å²) in [6.07, 6.45) is 7.20. The van der Waals surface area contributed by atoms with Crippen LogP contribution in [-0.2, 0) is 6.42 Å².